The maximum Gasteiger partial charge on any atom is 0.156 e. The van der Waals surface area contributed by atoms with Gasteiger partial charge in [0.25, 0.3) is 0 Å². The fourth-order valence-corrected chi connectivity index (χ4v) is 5.17. The van der Waals surface area contributed by atoms with Gasteiger partial charge >= 0.3 is 0 Å². The Balaban J connectivity index is 1.73. The van der Waals surface area contributed by atoms with Gasteiger partial charge in [-0.05, 0) is 70.5 Å². The van der Waals surface area contributed by atoms with Crippen molar-refractivity contribution >= 4 is 22.5 Å². The number of rotatable bonds is 1. The third kappa shape index (κ3) is 3.17. The molecule has 2 aromatic heterocycles. The van der Waals surface area contributed by atoms with Crippen LogP contribution in [0.5, 0.6) is 0 Å². The summed E-state index contributed by atoms with van der Waals surface area (Å²) in [6.07, 6.45) is 6.92. The van der Waals surface area contributed by atoms with Crippen molar-refractivity contribution in [2.75, 3.05) is 0 Å². The first-order chi connectivity index (χ1) is 16.0. The number of hydrogen-bond donors (Lipinski definition) is 1. The smallest absolute Gasteiger partial charge is 0.156 e. The van der Waals surface area contributed by atoms with Gasteiger partial charge in [0, 0.05) is 23.7 Å². The van der Waals surface area contributed by atoms with Crippen LogP contribution in [0.15, 0.2) is 85.5 Å². The van der Waals surface area contributed by atoms with E-state index < -0.39 is 5.60 Å². The van der Waals surface area contributed by atoms with Crippen LogP contribution in [0.2, 0.25) is 5.02 Å². The molecule has 0 saturated heterocycles. The Morgan fingerprint density at radius 2 is 1.82 bits per heavy atom. The molecule has 0 fully saturated rings. The predicted molar refractivity (Wildman–Crippen MR) is 131 cm³/mol. The van der Waals surface area contributed by atoms with Crippen molar-refractivity contribution in [3.05, 3.63) is 118 Å². The number of fused-ring (bicyclic) bond motifs is 6. The molecule has 1 N–H and O–H groups in total. The van der Waals surface area contributed by atoms with Crippen LogP contribution >= 0.6 is 11.6 Å². The number of halogens is 1. The molecule has 0 radical (unpaired) electrons. The molecule has 0 aliphatic heterocycles. The fraction of sp³-hybridized carbons (Fsp3) is 0.143. The van der Waals surface area contributed by atoms with E-state index in [1.165, 1.54) is 5.56 Å². The SMILES string of the molecule is Cn1cncc1C1(O)c2ccc(Cl)c(c2)CCc2cccc(c2)-c2ccnc3ccc1cc23. The summed E-state index contributed by atoms with van der Waals surface area (Å²) in [5.41, 5.74) is 6.20. The summed E-state index contributed by atoms with van der Waals surface area (Å²) in [6, 6.07) is 22.5. The van der Waals surface area contributed by atoms with Crippen LogP contribution in [-0.4, -0.2) is 19.6 Å². The first-order valence-electron chi connectivity index (χ1n) is 11.0. The Labute approximate surface area is 197 Å². The van der Waals surface area contributed by atoms with Crippen LogP contribution in [0.3, 0.4) is 0 Å². The molecule has 6 rings (SSSR count). The molecule has 0 amide bonds. The fourth-order valence-electron chi connectivity index (χ4n) is 4.96. The Kier molecular flexibility index (Phi) is 4.61. The van der Waals surface area contributed by atoms with Crippen molar-refractivity contribution in [1.82, 2.24) is 14.5 Å². The second-order valence-corrected chi connectivity index (χ2v) is 9.10. The Bertz CT molecular complexity index is 1520. The molecule has 1 unspecified atom stereocenters. The monoisotopic (exact) mass is 451 g/mol. The first-order valence-corrected chi connectivity index (χ1v) is 11.4. The second kappa shape index (κ2) is 7.55. The zero-order valence-electron chi connectivity index (χ0n) is 18.2. The summed E-state index contributed by atoms with van der Waals surface area (Å²) in [4.78, 5) is 8.89. The summed E-state index contributed by atoms with van der Waals surface area (Å²) in [5.74, 6) is 0. The summed E-state index contributed by atoms with van der Waals surface area (Å²) in [5, 5.41) is 14.1. The van der Waals surface area contributed by atoms with Crippen molar-refractivity contribution < 1.29 is 5.11 Å². The van der Waals surface area contributed by atoms with Crippen molar-refractivity contribution in [3.63, 3.8) is 0 Å². The molecule has 1 aliphatic rings. The number of nitrogens with zero attached hydrogens (tertiary/aromatic N) is 3. The van der Waals surface area contributed by atoms with Gasteiger partial charge in [-0.25, -0.2) is 4.98 Å². The highest BCUT2D eigenvalue weighted by Gasteiger charge is 2.37. The van der Waals surface area contributed by atoms with Crippen LogP contribution in [0.4, 0.5) is 0 Å². The van der Waals surface area contributed by atoms with Gasteiger partial charge in [0.15, 0.2) is 5.60 Å². The quantitative estimate of drug-likeness (QED) is 0.357. The molecule has 0 saturated carbocycles. The van der Waals surface area contributed by atoms with Crippen LogP contribution in [-0.2, 0) is 25.5 Å². The number of imidazole rings is 1. The number of pyridine rings is 1. The molecule has 1 aliphatic carbocycles. The molecule has 5 heteroatoms. The van der Waals surface area contributed by atoms with Gasteiger partial charge in [-0.3, -0.25) is 4.98 Å². The lowest BCUT2D eigenvalue weighted by Gasteiger charge is -2.30. The van der Waals surface area contributed by atoms with Gasteiger partial charge in [-0.2, -0.15) is 0 Å². The maximum absolute atomic E-state index is 12.4. The number of aliphatic hydroxyl groups is 1. The Hall–Kier alpha value is -3.47. The summed E-state index contributed by atoms with van der Waals surface area (Å²) in [6.45, 7) is 0. The number of benzene rings is 3. The van der Waals surface area contributed by atoms with Crippen LogP contribution < -0.4 is 0 Å². The van der Waals surface area contributed by atoms with Gasteiger partial charge in [-0.1, -0.05) is 54.1 Å². The van der Waals surface area contributed by atoms with E-state index in [1.807, 2.05) is 54.2 Å². The van der Waals surface area contributed by atoms with Crippen molar-refractivity contribution in [2.45, 2.75) is 18.4 Å². The minimum absolute atomic E-state index is 0.691. The third-order valence-corrected chi connectivity index (χ3v) is 7.10. The van der Waals surface area contributed by atoms with Gasteiger partial charge in [0.2, 0.25) is 0 Å². The second-order valence-electron chi connectivity index (χ2n) is 8.70. The van der Waals surface area contributed by atoms with Crippen LogP contribution in [0.25, 0.3) is 22.0 Å². The highest BCUT2D eigenvalue weighted by molar-refractivity contribution is 6.31. The van der Waals surface area contributed by atoms with E-state index >= 15 is 0 Å². The lowest BCUT2D eigenvalue weighted by Crippen LogP contribution is -2.31. The number of hydrogen-bond acceptors (Lipinski definition) is 3. The van der Waals surface area contributed by atoms with E-state index in [0.29, 0.717) is 10.7 Å². The molecule has 1 atom stereocenters. The molecule has 3 aromatic carbocycles. The third-order valence-electron chi connectivity index (χ3n) is 6.73. The molecular weight excluding hydrogens is 430 g/mol. The zero-order valence-corrected chi connectivity index (χ0v) is 18.9. The lowest BCUT2D eigenvalue weighted by molar-refractivity contribution is 0.117. The highest BCUT2D eigenvalue weighted by Crippen LogP contribution is 2.40. The van der Waals surface area contributed by atoms with E-state index in [2.05, 4.69) is 40.3 Å². The van der Waals surface area contributed by atoms with Gasteiger partial charge < -0.3 is 9.67 Å². The predicted octanol–water partition coefficient (Wildman–Crippen LogP) is 5.67. The molecule has 162 valence electrons. The average molecular weight is 452 g/mol. The minimum atomic E-state index is -1.40. The van der Waals surface area contributed by atoms with E-state index in [4.69, 9.17) is 11.6 Å². The largest absolute Gasteiger partial charge is 0.374 e. The summed E-state index contributed by atoms with van der Waals surface area (Å²) >= 11 is 6.61. The van der Waals surface area contributed by atoms with E-state index in [1.54, 1.807) is 12.5 Å². The number of aromatic nitrogens is 3. The standard InChI is InChI=1S/C28H22ClN3O/c1-32-17-30-16-27(32)28(33)21-7-9-25(29)20(14-21)6-5-18-3-2-4-19(13-18)23-11-12-31-26-10-8-22(28)15-24(23)26/h2-4,7-17,33H,5-6H2,1H3. The lowest BCUT2D eigenvalue weighted by atomic mass is 9.82. The van der Waals surface area contributed by atoms with Gasteiger partial charge in [-0.15, -0.1) is 0 Å². The number of aryl methyl sites for hydroxylation is 3. The molecule has 4 nitrogen and oxygen atoms in total. The minimum Gasteiger partial charge on any atom is -0.374 e. The maximum atomic E-state index is 12.4. The van der Waals surface area contributed by atoms with Gasteiger partial charge in [0.05, 0.1) is 23.7 Å². The average Bonchev–Trinajstić information content (AvgIpc) is 3.28. The molecule has 6 bridgehead atoms. The topological polar surface area (TPSA) is 50.9 Å². The molecular formula is C28H22ClN3O. The molecule has 2 heterocycles. The van der Waals surface area contributed by atoms with Gasteiger partial charge in [0.1, 0.15) is 0 Å². The molecule has 5 aromatic rings. The van der Waals surface area contributed by atoms with Crippen molar-refractivity contribution in [2.24, 2.45) is 7.05 Å². The Morgan fingerprint density at radius 3 is 2.67 bits per heavy atom. The summed E-state index contributed by atoms with van der Waals surface area (Å²) in [7, 11) is 1.90. The Morgan fingerprint density at radius 1 is 0.970 bits per heavy atom. The van der Waals surface area contributed by atoms with E-state index in [0.717, 1.165) is 51.6 Å². The van der Waals surface area contributed by atoms with Crippen molar-refractivity contribution in [3.8, 4) is 11.1 Å². The zero-order chi connectivity index (χ0) is 22.6. The van der Waals surface area contributed by atoms with E-state index in [-0.39, 0.29) is 0 Å². The summed E-state index contributed by atoms with van der Waals surface area (Å²) < 4.78 is 1.86. The van der Waals surface area contributed by atoms with Crippen LogP contribution in [0, 0.1) is 0 Å². The van der Waals surface area contributed by atoms with E-state index in [9.17, 15) is 5.11 Å². The normalized spacial score (nSPS) is 17.4. The van der Waals surface area contributed by atoms with Crippen LogP contribution in [0.1, 0.15) is 27.9 Å². The molecule has 0 spiro atoms. The first kappa shape index (κ1) is 20.2. The highest BCUT2D eigenvalue weighted by atomic mass is 35.5. The van der Waals surface area contributed by atoms with Crippen molar-refractivity contribution in [1.29, 1.82) is 0 Å². The molecule has 33 heavy (non-hydrogen) atoms.